The van der Waals surface area contributed by atoms with Crippen molar-refractivity contribution < 1.29 is 4.42 Å². The van der Waals surface area contributed by atoms with E-state index in [2.05, 4.69) is 38.9 Å². The van der Waals surface area contributed by atoms with Gasteiger partial charge >= 0.3 is 0 Å². The number of para-hydroxylation sites is 1. The lowest BCUT2D eigenvalue weighted by molar-refractivity contribution is 0.627. The van der Waals surface area contributed by atoms with Gasteiger partial charge in [-0.1, -0.05) is 34.1 Å². The fourth-order valence-corrected chi connectivity index (χ4v) is 3.03. The van der Waals surface area contributed by atoms with Crippen LogP contribution in [0, 0.1) is 6.92 Å². The van der Waals surface area contributed by atoms with Crippen LogP contribution < -0.4 is 0 Å². The van der Waals surface area contributed by atoms with Crippen molar-refractivity contribution in [1.29, 1.82) is 0 Å². The van der Waals surface area contributed by atoms with Crippen LogP contribution in [-0.4, -0.2) is 9.97 Å². The Morgan fingerprint density at radius 1 is 1.15 bits per heavy atom. The van der Waals surface area contributed by atoms with Crippen molar-refractivity contribution in [3.05, 3.63) is 52.5 Å². The summed E-state index contributed by atoms with van der Waals surface area (Å²) >= 11 is 3.51. The summed E-state index contributed by atoms with van der Waals surface area (Å²) in [7, 11) is 0. The van der Waals surface area contributed by atoms with E-state index in [0.717, 1.165) is 43.6 Å². The van der Waals surface area contributed by atoms with Crippen molar-refractivity contribution in [1.82, 2.24) is 9.97 Å². The van der Waals surface area contributed by atoms with Crippen LogP contribution >= 0.6 is 15.9 Å². The first-order valence-corrected chi connectivity index (χ1v) is 7.15. The Hall–Kier alpha value is -2.07. The molecule has 0 atom stereocenters. The first kappa shape index (κ1) is 11.7. The number of H-pyrrole nitrogens is 1. The van der Waals surface area contributed by atoms with Crippen molar-refractivity contribution in [2.45, 2.75) is 6.92 Å². The Morgan fingerprint density at radius 2 is 2.00 bits per heavy atom. The Kier molecular flexibility index (Phi) is 2.47. The van der Waals surface area contributed by atoms with Crippen LogP contribution in [0.25, 0.3) is 33.6 Å². The van der Waals surface area contributed by atoms with E-state index in [9.17, 15) is 0 Å². The highest BCUT2D eigenvalue weighted by atomic mass is 79.9. The number of furan rings is 1. The Bertz CT molecular complexity index is 903. The van der Waals surface area contributed by atoms with Gasteiger partial charge in [-0.2, -0.15) is 0 Å². The van der Waals surface area contributed by atoms with Crippen LogP contribution in [0.2, 0.25) is 0 Å². The molecule has 1 N–H and O–H groups in total. The number of hydrogen-bond acceptors (Lipinski definition) is 2. The molecule has 98 valence electrons. The summed E-state index contributed by atoms with van der Waals surface area (Å²) < 4.78 is 6.89. The lowest BCUT2D eigenvalue weighted by atomic mass is 10.2. The average molecular weight is 327 g/mol. The van der Waals surface area contributed by atoms with E-state index < -0.39 is 0 Å². The van der Waals surface area contributed by atoms with Crippen molar-refractivity contribution in [2.24, 2.45) is 0 Å². The highest BCUT2D eigenvalue weighted by Crippen LogP contribution is 2.29. The van der Waals surface area contributed by atoms with Gasteiger partial charge in [0.1, 0.15) is 5.58 Å². The normalized spacial score (nSPS) is 11.5. The van der Waals surface area contributed by atoms with Crippen molar-refractivity contribution in [3.63, 3.8) is 0 Å². The number of rotatable bonds is 1. The van der Waals surface area contributed by atoms with Gasteiger partial charge in [0.05, 0.1) is 11.0 Å². The number of hydrogen-bond donors (Lipinski definition) is 1. The molecule has 0 aliphatic rings. The first-order valence-electron chi connectivity index (χ1n) is 6.35. The van der Waals surface area contributed by atoms with E-state index in [1.54, 1.807) is 0 Å². The lowest BCUT2D eigenvalue weighted by Crippen LogP contribution is -1.77. The molecule has 2 aromatic carbocycles. The van der Waals surface area contributed by atoms with Crippen molar-refractivity contribution in [2.75, 3.05) is 0 Å². The van der Waals surface area contributed by atoms with Gasteiger partial charge in [0.25, 0.3) is 0 Å². The second-order valence-corrected chi connectivity index (χ2v) is 5.77. The van der Waals surface area contributed by atoms with E-state index in [1.807, 2.05) is 36.4 Å². The van der Waals surface area contributed by atoms with Crippen molar-refractivity contribution in [3.8, 4) is 11.6 Å². The Balaban J connectivity index is 1.95. The molecule has 0 amide bonds. The van der Waals surface area contributed by atoms with Crippen molar-refractivity contribution >= 4 is 37.9 Å². The second-order valence-electron chi connectivity index (χ2n) is 4.85. The Morgan fingerprint density at radius 3 is 2.85 bits per heavy atom. The molecule has 0 unspecified atom stereocenters. The molecule has 0 saturated heterocycles. The van der Waals surface area contributed by atoms with Gasteiger partial charge in [0, 0.05) is 9.86 Å². The molecule has 0 radical (unpaired) electrons. The number of nitrogens with zero attached hydrogens (tertiary/aromatic N) is 1. The summed E-state index contributed by atoms with van der Waals surface area (Å²) in [6, 6.07) is 14.1. The molecule has 0 saturated carbocycles. The van der Waals surface area contributed by atoms with E-state index in [1.165, 1.54) is 0 Å². The second kappa shape index (κ2) is 4.21. The van der Waals surface area contributed by atoms with E-state index in [0.29, 0.717) is 0 Å². The summed E-state index contributed by atoms with van der Waals surface area (Å²) in [6.07, 6.45) is 0. The maximum Gasteiger partial charge on any atom is 0.174 e. The zero-order valence-corrected chi connectivity index (χ0v) is 12.4. The SMILES string of the molecule is Cc1cc(Br)cc2[nH]c(-c3cc4ccccc4o3)nc12. The zero-order chi connectivity index (χ0) is 13.7. The maximum absolute atomic E-state index is 5.85. The van der Waals surface area contributed by atoms with Gasteiger partial charge in [0.15, 0.2) is 11.6 Å². The molecule has 0 aliphatic heterocycles. The molecule has 0 fully saturated rings. The molecule has 0 aliphatic carbocycles. The van der Waals surface area contributed by atoms with Gasteiger partial charge in [0.2, 0.25) is 0 Å². The molecule has 2 aromatic heterocycles. The fraction of sp³-hybridized carbons (Fsp3) is 0.0625. The molecule has 20 heavy (non-hydrogen) atoms. The number of nitrogens with one attached hydrogen (secondary N) is 1. The largest absolute Gasteiger partial charge is 0.453 e. The Labute approximate surface area is 123 Å². The van der Waals surface area contributed by atoms with Crippen LogP contribution in [0.1, 0.15) is 5.56 Å². The number of benzene rings is 2. The molecular formula is C16H11BrN2O. The van der Waals surface area contributed by atoms with E-state index in [-0.39, 0.29) is 0 Å². The van der Waals surface area contributed by atoms with Gasteiger partial charge in [-0.15, -0.1) is 0 Å². The summed E-state index contributed by atoms with van der Waals surface area (Å²) in [5.41, 5.74) is 3.99. The minimum absolute atomic E-state index is 0.761. The lowest BCUT2D eigenvalue weighted by Gasteiger charge is -1.94. The molecule has 0 bridgehead atoms. The summed E-state index contributed by atoms with van der Waals surface area (Å²) in [5.74, 6) is 1.52. The van der Waals surface area contributed by atoms with Gasteiger partial charge in [-0.25, -0.2) is 4.98 Å². The van der Waals surface area contributed by atoms with Crippen LogP contribution in [0.15, 0.2) is 51.4 Å². The molecule has 4 rings (SSSR count). The molecule has 4 aromatic rings. The molecule has 3 nitrogen and oxygen atoms in total. The highest BCUT2D eigenvalue weighted by molar-refractivity contribution is 9.10. The maximum atomic E-state index is 5.85. The number of imidazole rings is 1. The third-order valence-corrected chi connectivity index (χ3v) is 3.86. The molecule has 4 heteroatoms. The van der Waals surface area contributed by atoms with Crippen LogP contribution in [-0.2, 0) is 0 Å². The monoisotopic (exact) mass is 326 g/mol. The van der Waals surface area contributed by atoms with Gasteiger partial charge in [-0.3, -0.25) is 0 Å². The smallest absolute Gasteiger partial charge is 0.174 e. The van der Waals surface area contributed by atoms with E-state index in [4.69, 9.17) is 4.42 Å². The number of aromatic nitrogens is 2. The number of fused-ring (bicyclic) bond motifs is 2. The first-order chi connectivity index (χ1) is 9.70. The van der Waals surface area contributed by atoms with E-state index >= 15 is 0 Å². The van der Waals surface area contributed by atoms with Crippen LogP contribution in [0.5, 0.6) is 0 Å². The van der Waals surface area contributed by atoms with Gasteiger partial charge in [-0.05, 0) is 36.8 Å². The number of aromatic amines is 1. The molecular weight excluding hydrogens is 316 g/mol. The minimum atomic E-state index is 0.761. The van der Waals surface area contributed by atoms with Crippen LogP contribution in [0.4, 0.5) is 0 Å². The zero-order valence-electron chi connectivity index (χ0n) is 10.8. The summed E-state index contributed by atoms with van der Waals surface area (Å²) in [4.78, 5) is 7.97. The number of aryl methyl sites for hydroxylation is 1. The summed E-state index contributed by atoms with van der Waals surface area (Å²) in [6.45, 7) is 2.05. The topological polar surface area (TPSA) is 41.8 Å². The molecule has 0 spiro atoms. The highest BCUT2D eigenvalue weighted by Gasteiger charge is 2.12. The number of halogens is 1. The third kappa shape index (κ3) is 1.76. The predicted molar refractivity (Wildman–Crippen MR) is 83.7 cm³/mol. The molecule has 2 heterocycles. The standard InChI is InChI=1S/C16H11BrN2O/c1-9-6-11(17)8-12-15(9)19-16(18-12)14-7-10-4-2-3-5-13(10)20-14/h2-8H,1H3,(H,18,19). The fourth-order valence-electron chi connectivity index (χ4n) is 2.46. The third-order valence-electron chi connectivity index (χ3n) is 3.40. The summed E-state index contributed by atoms with van der Waals surface area (Å²) in [5, 5.41) is 1.08. The van der Waals surface area contributed by atoms with Gasteiger partial charge < -0.3 is 9.40 Å². The predicted octanol–water partition coefficient (Wildman–Crippen LogP) is 5.05. The minimum Gasteiger partial charge on any atom is -0.453 e. The average Bonchev–Trinajstić information content (AvgIpc) is 3.01. The quantitative estimate of drug-likeness (QED) is 0.532. The van der Waals surface area contributed by atoms with Crippen LogP contribution in [0.3, 0.4) is 0 Å².